The van der Waals surface area contributed by atoms with Gasteiger partial charge in [-0.1, -0.05) is 185 Å². The second-order valence-corrected chi connectivity index (χ2v) is 23.0. The number of rotatable bonds is 10. The van der Waals surface area contributed by atoms with Crippen molar-refractivity contribution in [1.29, 1.82) is 0 Å². The summed E-state index contributed by atoms with van der Waals surface area (Å²) in [6, 6.07) is 81.6. The third kappa shape index (κ3) is 8.63. The molecule has 0 aliphatic heterocycles. The van der Waals surface area contributed by atoms with Crippen LogP contribution in [-0.2, 0) is 10.8 Å². The van der Waals surface area contributed by atoms with E-state index in [0.29, 0.717) is 0 Å². The Morgan fingerprint density at radius 3 is 0.885 bits per heavy atom. The van der Waals surface area contributed by atoms with Gasteiger partial charge in [-0.3, -0.25) is 0 Å². The minimum absolute atomic E-state index is 0.165. The lowest BCUT2D eigenvalue weighted by Crippen LogP contribution is -2.16. The standard InChI is InChI=1S/C76H64N2/c1-49-13-9-17-59(39-49)77(60-18-10-14-50(2)40-60)63-31-37-69-67-35-27-55(45-71(67)75(5,6)73(69)47-63)23-21-53-25-33-65-57(43-53)29-30-58-44-54(26-34-66(58)65)22-24-56-28-36-68-70-38-32-64(48-74(70)76(7,8)72(68)46-56)78(61-19-11-15-51(3)41-61)62-20-12-16-52(4)42-62/h9-48H,1-8H3/b23-21+,24-22+. The molecule has 13 rings (SSSR count). The number of aryl methyl sites for hydroxylation is 4. The Labute approximate surface area is 460 Å². The van der Waals surface area contributed by atoms with E-state index in [1.165, 1.54) is 145 Å². The smallest absolute Gasteiger partial charge is 0.0465 e. The molecule has 0 amide bonds. The lowest BCUT2D eigenvalue weighted by Gasteiger charge is -2.28. The van der Waals surface area contributed by atoms with Crippen LogP contribution >= 0.6 is 0 Å². The molecule has 0 bridgehead atoms. The van der Waals surface area contributed by atoms with Crippen molar-refractivity contribution >= 4 is 80.0 Å². The van der Waals surface area contributed by atoms with Crippen LogP contribution in [-0.4, -0.2) is 0 Å². The van der Waals surface area contributed by atoms with Crippen LogP contribution in [0.4, 0.5) is 34.1 Å². The summed E-state index contributed by atoms with van der Waals surface area (Å²) in [4.78, 5) is 4.79. The molecule has 378 valence electrons. The van der Waals surface area contributed by atoms with E-state index in [4.69, 9.17) is 0 Å². The second-order valence-electron chi connectivity index (χ2n) is 23.0. The first-order valence-corrected chi connectivity index (χ1v) is 27.5. The molecule has 0 unspecified atom stereocenters. The Kier molecular flexibility index (Phi) is 11.8. The van der Waals surface area contributed by atoms with E-state index < -0.39 is 0 Å². The van der Waals surface area contributed by atoms with Crippen LogP contribution in [0.25, 0.3) is 68.1 Å². The van der Waals surface area contributed by atoms with Gasteiger partial charge in [0.05, 0.1) is 0 Å². The predicted octanol–water partition coefficient (Wildman–Crippen LogP) is 21.1. The molecular weight excluding hydrogens is 941 g/mol. The van der Waals surface area contributed by atoms with Crippen LogP contribution in [0.5, 0.6) is 0 Å². The number of fused-ring (bicyclic) bond motifs is 9. The van der Waals surface area contributed by atoms with Crippen LogP contribution in [0.2, 0.25) is 0 Å². The third-order valence-electron chi connectivity index (χ3n) is 16.7. The topological polar surface area (TPSA) is 6.48 Å². The lowest BCUT2D eigenvalue weighted by molar-refractivity contribution is 0.660. The van der Waals surface area contributed by atoms with E-state index in [1.54, 1.807) is 0 Å². The van der Waals surface area contributed by atoms with Crippen molar-refractivity contribution in [2.45, 2.75) is 66.2 Å². The minimum Gasteiger partial charge on any atom is -0.310 e. The van der Waals surface area contributed by atoms with Crippen LogP contribution in [0, 0.1) is 27.7 Å². The molecule has 0 saturated heterocycles. The molecule has 2 aliphatic carbocycles. The Morgan fingerprint density at radius 2 is 0.551 bits per heavy atom. The van der Waals surface area contributed by atoms with Crippen LogP contribution in [0.3, 0.4) is 0 Å². The summed E-state index contributed by atoms with van der Waals surface area (Å²) in [5.41, 5.74) is 27.2. The van der Waals surface area contributed by atoms with Crippen molar-refractivity contribution in [3.63, 3.8) is 0 Å². The molecular formula is C76H64N2. The highest BCUT2D eigenvalue weighted by atomic mass is 15.1. The average molecular weight is 1010 g/mol. The Bertz CT molecular complexity index is 3910. The van der Waals surface area contributed by atoms with Gasteiger partial charge < -0.3 is 9.80 Å². The van der Waals surface area contributed by atoms with Gasteiger partial charge in [-0.15, -0.1) is 0 Å². The Hall–Kier alpha value is -8.98. The Morgan fingerprint density at radius 1 is 0.269 bits per heavy atom. The maximum atomic E-state index is 2.42. The average Bonchev–Trinajstić information content (AvgIpc) is 3.89. The fourth-order valence-electron chi connectivity index (χ4n) is 12.6. The SMILES string of the molecule is Cc1cccc(N(c2cccc(C)c2)c2ccc3c(c2)C(C)(C)c2cc(/C=C/c4ccc5c(ccc6cc(/C=C/c7ccc8c(c7)C(C)(C)c7cc(N(c9cccc(C)c9)c9cccc(C)c9)ccc7-8)ccc65)c4)ccc2-3)c1. The molecule has 0 atom stereocenters. The van der Waals surface area contributed by atoms with Gasteiger partial charge in [-0.25, -0.2) is 0 Å². The maximum Gasteiger partial charge on any atom is 0.0465 e. The van der Waals surface area contributed by atoms with Gasteiger partial charge in [-0.05, 0) is 223 Å². The summed E-state index contributed by atoms with van der Waals surface area (Å²) in [7, 11) is 0. The molecule has 78 heavy (non-hydrogen) atoms. The van der Waals surface area contributed by atoms with Gasteiger partial charge in [0, 0.05) is 45.0 Å². The quantitative estimate of drug-likeness (QED) is 0.0995. The third-order valence-corrected chi connectivity index (χ3v) is 16.7. The van der Waals surface area contributed by atoms with E-state index in [-0.39, 0.29) is 10.8 Å². The monoisotopic (exact) mass is 1000 g/mol. The first-order chi connectivity index (χ1) is 37.7. The van der Waals surface area contributed by atoms with E-state index in [1.807, 2.05) is 0 Å². The maximum absolute atomic E-state index is 2.42. The molecule has 0 N–H and O–H groups in total. The number of nitrogens with zero attached hydrogens (tertiary/aromatic N) is 2. The van der Waals surface area contributed by atoms with Crippen molar-refractivity contribution < 1.29 is 0 Å². The van der Waals surface area contributed by atoms with Crippen LogP contribution in [0.1, 0.15) is 94.5 Å². The molecule has 0 aromatic heterocycles. The normalized spacial score (nSPS) is 13.7. The zero-order valence-electron chi connectivity index (χ0n) is 46.0. The molecule has 11 aromatic rings. The van der Waals surface area contributed by atoms with Crippen LogP contribution < -0.4 is 9.80 Å². The zero-order chi connectivity index (χ0) is 53.5. The second kappa shape index (κ2) is 18.9. The molecule has 0 spiro atoms. The van der Waals surface area contributed by atoms with Gasteiger partial charge in [-0.2, -0.15) is 0 Å². The molecule has 0 radical (unpaired) electrons. The van der Waals surface area contributed by atoms with E-state index in [9.17, 15) is 0 Å². The molecule has 0 heterocycles. The minimum atomic E-state index is -0.165. The summed E-state index contributed by atoms with van der Waals surface area (Å²) < 4.78 is 0. The first-order valence-electron chi connectivity index (χ1n) is 27.5. The first kappa shape index (κ1) is 48.6. The van der Waals surface area contributed by atoms with E-state index >= 15 is 0 Å². The van der Waals surface area contributed by atoms with Crippen molar-refractivity contribution in [3.05, 3.63) is 285 Å². The highest BCUT2D eigenvalue weighted by molar-refractivity contribution is 6.08. The zero-order valence-corrected chi connectivity index (χ0v) is 46.0. The highest BCUT2D eigenvalue weighted by Gasteiger charge is 2.38. The summed E-state index contributed by atoms with van der Waals surface area (Å²) in [6.07, 6.45) is 9.06. The number of hydrogen-bond acceptors (Lipinski definition) is 2. The molecule has 2 aliphatic rings. The van der Waals surface area contributed by atoms with Crippen molar-refractivity contribution in [1.82, 2.24) is 0 Å². The molecule has 0 saturated carbocycles. The summed E-state index contributed by atoms with van der Waals surface area (Å²) in [6.45, 7) is 18.2. The van der Waals surface area contributed by atoms with Gasteiger partial charge in [0.25, 0.3) is 0 Å². The van der Waals surface area contributed by atoms with E-state index in [2.05, 4.69) is 308 Å². The molecule has 11 aromatic carbocycles. The van der Waals surface area contributed by atoms with Crippen LogP contribution in [0.15, 0.2) is 218 Å². The largest absolute Gasteiger partial charge is 0.310 e. The number of benzene rings is 11. The van der Waals surface area contributed by atoms with Gasteiger partial charge in [0.15, 0.2) is 0 Å². The molecule has 2 nitrogen and oxygen atoms in total. The fraction of sp³-hybridized carbons (Fsp3) is 0.132. The number of hydrogen-bond donors (Lipinski definition) is 0. The molecule has 0 fully saturated rings. The van der Waals surface area contributed by atoms with Gasteiger partial charge in [0.1, 0.15) is 0 Å². The van der Waals surface area contributed by atoms with E-state index in [0.717, 1.165) is 0 Å². The number of anilines is 6. The van der Waals surface area contributed by atoms with Gasteiger partial charge >= 0.3 is 0 Å². The van der Waals surface area contributed by atoms with Crippen molar-refractivity contribution in [2.75, 3.05) is 9.80 Å². The molecule has 2 heteroatoms. The summed E-state index contributed by atoms with van der Waals surface area (Å²) >= 11 is 0. The highest BCUT2D eigenvalue weighted by Crippen LogP contribution is 2.53. The summed E-state index contributed by atoms with van der Waals surface area (Å²) in [5, 5.41) is 5.02. The lowest BCUT2D eigenvalue weighted by atomic mass is 9.81. The predicted molar refractivity (Wildman–Crippen MR) is 336 cm³/mol. The Balaban J connectivity index is 0.726. The van der Waals surface area contributed by atoms with Crippen molar-refractivity contribution in [2.24, 2.45) is 0 Å². The fourth-order valence-corrected chi connectivity index (χ4v) is 12.6. The van der Waals surface area contributed by atoms with Crippen molar-refractivity contribution in [3.8, 4) is 22.3 Å². The van der Waals surface area contributed by atoms with Gasteiger partial charge in [0.2, 0.25) is 0 Å². The summed E-state index contributed by atoms with van der Waals surface area (Å²) in [5.74, 6) is 0.